The first-order valence-corrected chi connectivity index (χ1v) is 6.32. The molecule has 0 radical (unpaired) electrons. The highest BCUT2D eigenvalue weighted by molar-refractivity contribution is 9.11. The number of carbonyl (C=O) groups excluding carboxylic acids is 1. The summed E-state index contributed by atoms with van der Waals surface area (Å²) < 4.78 is 1.09. The zero-order valence-corrected chi connectivity index (χ0v) is 11.0. The molecule has 0 atom stereocenters. The minimum absolute atomic E-state index is 0.0875. The van der Waals surface area contributed by atoms with Crippen LogP contribution in [-0.4, -0.2) is 23.7 Å². The van der Waals surface area contributed by atoms with Crippen LogP contribution in [0.2, 0.25) is 0 Å². The van der Waals surface area contributed by atoms with Gasteiger partial charge in [-0.15, -0.1) is 22.9 Å². The predicted octanol–water partition coefficient (Wildman–Crippen LogP) is 3.10. The second kappa shape index (κ2) is 5.73. The van der Waals surface area contributed by atoms with Crippen molar-refractivity contribution < 1.29 is 4.79 Å². The Morgan fingerprint density at radius 1 is 1.64 bits per heavy atom. The highest BCUT2D eigenvalue weighted by atomic mass is 79.9. The van der Waals surface area contributed by atoms with Crippen LogP contribution in [-0.2, 0) is 11.3 Å². The maximum absolute atomic E-state index is 11.4. The van der Waals surface area contributed by atoms with Crippen LogP contribution in [0.4, 0.5) is 0 Å². The Hall–Kier alpha value is -0.0600. The van der Waals surface area contributed by atoms with E-state index in [4.69, 9.17) is 11.6 Å². The molecule has 0 bridgehead atoms. The van der Waals surface area contributed by atoms with E-state index >= 15 is 0 Å². The highest BCUT2D eigenvalue weighted by Crippen LogP contribution is 2.23. The largest absolute Gasteiger partial charge is 0.341 e. The fourth-order valence-electron chi connectivity index (χ4n) is 1.03. The first-order valence-electron chi connectivity index (χ1n) is 4.17. The summed E-state index contributed by atoms with van der Waals surface area (Å²) >= 11 is 10.5. The van der Waals surface area contributed by atoms with Crippen LogP contribution in [0.3, 0.4) is 0 Å². The summed E-state index contributed by atoms with van der Waals surface area (Å²) in [4.78, 5) is 14.3. The normalized spacial score (nSPS) is 10.2. The Kier molecular flexibility index (Phi) is 4.92. The van der Waals surface area contributed by atoms with E-state index in [2.05, 4.69) is 15.9 Å². The van der Waals surface area contributed by atoms with Gasteiger partial charge in [-0.2, -0.15) is 0 Å². The number of amides is 1. The second-order valence-corrected chi connectivity index (χ2v) is 5.82. The van der Waals surface area contributed by atoms with Crippen molar-refractivity contribution in [2.75, 3.05) is 12.9 Å². The molecule has 78 valence electrons. The molecule has 0 saturated carbocycles. The first-order chi connectivity index (χ1) is 6.63. The van der Waals surface area contributed by atoms with E-state index in [0.29, 0.717) is 18.8 Å². The standard InChI is InChI=1S/C9H11BrClNOS/c1-12(9(13)4-5-11)6-7-2-3-8(10)14-7/h2-3H,4-6H2,1H3. The average Bonchev–Trinajstić information content (AvgIpc) is 2.51. The van der Waals surface area contributed by atoms with Crippen molar-refractivity contribution in [1.29, 1.82) is 0 Å². The molecule has 0 aliphatic heterocycles. The molecule has 1 rings (SSSR count). The van der Waals surface area contributed by atoms with E-state index in [0.717, 1.165) is 3.79 Å². The van der Waals surface area contributed by atoms with Crippen LogP contribution in [0.15, 0.2) is 15.9 Å². The van der Waals surface area contributed by atoms with E-state index in [-0.39, 0.29) is 5.91 Å². The lowest BCUT2D eigenvalue weighted by molar-refractivity contribution is -0.129. The minimum atomic E-state index is 0.0875. The van der Waals surface area contributed by atoms with E-state index in [1.54, 1.807) is 23.3 Å². The summed E-state index contributed by atoms with van der Waals surface area (Å²) in [5.41, 5.74) is 0. The van der Waals surface area contributed by atoms with Crippen molar-refractivity contribution in [2.45, 2.75) is 13.0 Å². The van der Waals surface area contributed by atoms with Crippen LogP contribution in [0.25, 0.3) is 0 Å². The lowest BCUT2D eigenvalue weighted by atomic mass is 10.4. The van der Waals surface area contributed by atoms with Gasteiger partial charge in [-0.3, -0.25) is 4.79 Å². The van der Waals surface area contributed by atoms with E-state index < -0.39 is 0 Å². The molecule has 2 nitrogen and oxygen atoms in total. The molecule has 1 aromatic rings. The van der Waals surface area contributed by atoms with Gasteiger partial charge in [0.2, 0.25) is 5.91 Å². The zero-order valence-electron chi connectivity index (χ0n) is 7.80. The second-order valence-electron chi connectivity index (χ2n) is 2.89. The highest BCUT2D eigenvalue weighted by Gasteiger charge is 2.09. The maximum atomic E-state index is 11.4. The lowest BCUT2D eigenvalue weighted by Gasteiger charge is -2.15. The van der Waals surface area contributed by atoms with Gasteiger partial charge >= 0.3 is 0 Å². The number of hydrogen-bond acceptors (Lipinski definition) is 2. The molecule has 1 aromatic heterocycles. The topological polar surface area (TPSA) is 20.3 Å². The number of hydrogen-bond donors (Lipinski definition) is 0. The third kappa shape index (κ3) is 3.59. The van der Waals surface area contributed by atoms with Crippen LogP contribution < -0.4 is 0 Å². The molecule has 0 spiro atoms. The molecule has 0 saturated heterocycles. The van der Waals surface area contributed by atoms with E-state index in [1.165, 1.54) is 4.88 Å². The van der Waals surface area contributed by atoms with Gasteiger partial charge in [-0.1, -0.05) is 0 Å². The van der Waals surface area contributed by atoms with E-state index in [9.17, 15) is 4.79 Å². The van der Waals surface area contributed by atoms with Gasteiger partial charge in [0.25, 0.3) is 0 Å². The van der Waals surface area contributed by atoms with Crippen LogP contribution in [0.1, 0.15) is 11.3 Å². The minimum Gasteiger partial charge on any atom is -0.341 e. The number of nitrogens with zero attached hydrogens (tertiary/aromatic N) is 1. The van der Waals surface area contributed by atoms with Gasteiger partial charge in [-0.25, -0.2) is 0 Å². The summed E-state index contributed by atoms with van der Waals surface area (Å²) in [6.45, 7) is 0.659. The Balaban J connectivity index is 2.48. The molecule has 1 heterocycles. The molecule has 14 heavy (non-hydrogen) atoms. The molecule has 0 aliphatic carbocycles. The summed E-state index contributed by atoms with van der Waals surface area (Å²) in [5, 5.41) is 0. The average molecular weight is 297 g/mol. The summed E-state index contributed by atoms with van der Waals surface area (Å²) in [6, 6.07) is 4.00. The zero-order chi connectivity index (χ0) is 10.6. The maximum Gasteiger partial charge on any atom is 0.223 e. The Morgan fingerprint density at radius 2 is 2.36 bits per heavy atom. The lowest BCUT2D eigenvalue weighted by Crippen LogP contribution is -2.25. The Labute approximate surface area is 101 Å². The molecule has 0 aliphatic rings. The fourth-order valence-corrected chi connectivity index (χ4v) is 2.73. The molecule has 0 unspecified atom stereocenters. The van der Waals surface area contributed by atoms with Crippen LogP contribution >= 0.6 is 38.9 Å². The van der Waals surface area contributed by atoms with Crippen molar-refractivity contribution in [2.24, 2.45) is 0 Å². The van der Waals surface area contributed by atoms with Gasteiger partial charge in [-0.05, 0) is 28.1 Å². The third-order valence-electron chi connectivity index (χ3n) is 1.76. The fraction of sp³-hybridized carbons (Fsp3) is 0.444. The molecule has 5 heteroatoms. The predicted molar refractivity (Wildman–Crippen MR) is 63.8 cm³/mol. The number of carbonyl (C=O) groups is 1. The molecule has 1 amide bonds. The monoisotopic (exact) mass is 295 g/mol. The number of halogens is 2. The summed E-state index contributed by atoms with van der Waals surface area (Å²) in [7, 11) is 1.79. The molecule has 0 fully saturated rings. The SMILES string of the molecule is CN(Cc1ccc(Br)s1)C(=O)CCCl. The van der Waals surface area contributed by atoms with Gasteiger partial charge in [0.05, 0.1) is 10.3 Å². The number of thiophene rings is 1. The number of alkyl halides is 1. The summed E-state index contributed by atoms with van der Waals surface area (Å²) in [5.74, 6) is 0.474. The molecule has 0 N–H and O–H groups in total. The van der Waals surface area contributed by atoms with E-state index in [1.807, 2.05) is 12.1 Å². The van der Waals surface area contributed by atoms with Crippen LogP contribution in [0.5, 0.6) is 0 Å². The number of rotatable bonds is 4. The Morgan fingerprint density at radius 3 is 2.86 bits per heavy atom. The third-order valence-corrected chi connectivity index (χ3v) is 3.55. The smallest absolute Gasteiger partial charge is 0.223 e. The van der Waals surface area contributed by atoms with Crippen molar-refractivity contribution in [3.05, 3.63) is 20.8 Å². The van der Waals surface area contributed by atoms with Crippen molar-refractivity contribution >= 4 is 44.8 Å². The molecular weight excluding hydrogens is 286 g/mol. The molecular formula is C9H11BrClNOS. The van der Waals surface area contributed by atoms with Gasteiger partial charge in [0.15, 0.2) is 0 Å². The van der Waals surface area contributed by atoms with Crippen molar-refractivity contribution in [1.82, 2.24) is 4.90 Å². The van der Waals surface area contributed by atoms with Gasteiger partial charge in [0.1, 0.15) is 0 Å². The Bertz CT molecular complexity index is 316. The first kappa shape index (κ1) is 12.0. The summed E-state index contributed by atoms with van der Waals surface area (Å²) in [6.07, 6.45) is 0.407. The molecule has 0 aromatic carbocycles. The van der Waals surface area contributed by atoms with Crippen molar-refractivity contribution in [3.63, 3.8) is 0 Å². The van der Waals surface area contributed by atoms with Crippen LogP contribution in [0, 0.1) is 0 Å². The van der Waals surface area contributed by atoms with Crippen molar-refractivity contribution in [3.8, 4) is 0 Å². The quantitative estimate of drug-likeness (QED) is 0.782. The van der Waals surface area contributed by atoms with Gasteiger partial charge in [0, 0.05) is 24.2 Å². The van der Waals surface area contributed by atoms with Gasteiger partial charge < -0.3 is 4.90 Å².